The molecule has 0 aliphatic heterocycles. The fourth-order valence-electron chi connectivity index (χ4n) is 0.729. The fourth-order valence-corrected chi connectivity index (χ4v) is 0.729. The van der Waals surface area contributed by atoms with Crippen LogP contribution in [0.3, 0.4) is 0 Å². The molecule has 0 radical (unpaired) electrons. The van der Waals surface area contributed by atoms with E-state index in [0.29, 0.717) is 6.42 Å². The summed E-state index contributed by atoms with van der Waals surface area (Å²) in [6.45, 7) is 1.18. The number of rotatable bonds is 5. The van der Waals surface area contributed by atoms with E-state index in [-0.39, 0.29) is 12.5 Å². The van der Waals surface area contributed by atoms with Crippen LogP contribution in [0.5, 0.6) is 0 Å². The van der Waals surface area contributed by atoms with E-state index in [1.54, 1.807) is 6.92 Å². The molecule has 2 atom stereocenters. The maximum absolute atomic E-state index is 9.90. The summed E-state index contributed by atoms with van der Waals surface area (Å²) in [7, 11) is 0. The van der Waals surface area contributed by atoms with Crippen LogP contribution in [-0.2, 0) is 0 Å². The third-order valence-corrected chi connectivity index (χ3v) is 1.58. The Bertz CT molecular complexity index is 128. The Morgan fingerprint density at radius 1 is 1.64 bits per heavy atom. The van der Waals surface area contributed by atoms with E-state index in [1.165, 1.54) is 0 Å². The lowest BCUT2D eigenvalue weighted by Crippen LogP contribution is -2.27. The maximum atomic E-state index is 9.90. The summed E-state index contributed by atoms with van der Waals surface area (Å²) in [5.41, 5.74) is 0. The van der Waals surface area contributed by atoms with Crippen molar-refractivity contribution in [3.05, 3.63) is 10.1 Å². The molecule has 0 amide bonds. The largest absolute Gasteiger partial charge is 0.396 e. The Morgan fingerprint density at radius 3 is 2.55 bits per heavy atom. The second kappa shape index (κ2) is 5.03. The molecule has 0 aliphatic rings. The molecule has 0 aromatic rings. The average Bonchev–Trinajstić information content (AvgIpc) is 1.86. The number of nitrogens with zero attached hydrogens (tertiary/aromatic N) is 1. The zero-order valence-electron chi connectivity index (χ0n) is 6.43. The Hall–Kier alpha value is -0.680. The summed E-state index contributed by atoms with van der Waals surface area (Å²) in [6.07, 6.45) is -0.549. The van der Waals surface area contributed by atoms with E-state index >= 15 is 0 Å². The van der Waals surface area contributed by atoms with E-state index in [4.69, 9.17) is 10.2 Å². The van der Waals surface area contributed by atoms with Crippen molar-refractivity contribution in [1.29, 1.82) is 0 Å². The zero-order valence-corrected chi connectivity index (χ0v) is 6.43. The van der Waals surface area contributed by atoms with Gasteiger partial charge in [0.15, 0.2) is 0 Å². The van der Waals surface area contributed by atoms with Gasteiger partial charge in [-0.25, -0.2) is 0 Å². The minimum Gasteiger partial charge on any atom is -0.396 e. The molecular formula is C6H13NO4. The topological polar surface area (TPSA) is 83.6 Å². The standard InChI is InChI=1S/C6H13NO4/c1-5(2-3-8)6(9)4-7(10)11/h5-6,8-9H,2-4H2,1H3. The minimum absolute atomic E-state index is 0.0457. The van der Waals surface area contributed by atoms with Gasteiger partial charge in [0.2, 0.25) is 6.54 Å². The van der Waals surface area contributed by atoms with Crippen LogP contribution in [0.15, 0.2) is 0 Å². The van der Waals surface area contributed by atoms with Crippen molar-refractivity contribution in [2.24, 2.45) is 5.92 Å². The second-order valence-corrected chi connectivity index (χ2v) is 2.57. The van der Waals surface area contributed by atoms with Gasteiger partial charge in [0.25, 0.3) is 0 Å². The normalized spacial score (nSPS) is 15.9. The van der Waals surface area contributed by atoms with E-state index in [9.17, 15) is 10.1 Å². The van der Waals surface area contributed by atoms with Crippen LogP contribution >= 0.6 is 0 Å². The van der Waals surface area contributed by atoms with Gasteiger partial charge in [-0.05, 0) is 12.3 Å². The third-order valence-electron chi connectivity index (χ3n) is 1.58. The molecule has 11 heavy (non-hydrogen) atoms. The number of hydrogen-bond acceptors (Lipinski definition) is 4. The quantitative estimate of drug-likeness (QED) is 0.428. The monoisotopic (exact) mass is 163 g/mol. The molecule has 66 valence electrons. The minimum atomic E-state index is -0.947. The van der Waals surface area contributed by atoms with Crippen LogP contribution < -0.4 is 0 Å². The predicted molar refractivity (Wildman–Crippen MR) is 38.7 cm³/mol. The first kappa shape index (κ1) is 10.3. The molecule has 5 nitrogen and oxygen atoms in total. The van der Waals surface area contributed by atoms with Crippen molar-refractivity contribution in [1.82, 2.24) is 0 Å². The van der Waals surface area contributed by atoms with Gasteiger partial charge in [0.05, 0.1) is 0 Å². The Kier molecular flexibility index (Phi) is 4.72. The van der Waals surface area contributed by atoms with Crippen molar-refractivity contribution in [3.8, 4) is 0 Å². The summed E-state index contributed by atoms with van der Waals surface area (Å²) < 4.78 is 0. The third kappa shape index (κ3) is 4.69. The summed E-state index contributed by atoms with van der Waals surface area (Å²) >= 11 is 0. The molecular weight excluding hydrogens is 150 g/mol. The molecule has 2 N–H and O–H groups in total. The highest BCUT2D eigenvalue weighted by molar-refractivity contribution is 4.62. The molecule has 0 aliphatic carbocycles. The lowest BCUT2D eigenvalue weighted by molar-refractivity contribution is -0.492. The van der Waals surface area contributed by atoms with Crippen molar-refractivity contribution in [2.75, 3.05) is 13.2 Å². The van der Waals surface area contributed by atoms with E-state index in [1.807, 2.05) is 0 Å². The first-order valence-corrected chi connectivity index (χ1v) is 3.48. The first-order chi connectivity index (χ1) is 5.07. The molecule has 0 heterocycles. The number of nitro groups is 1. The average molecular weight is 163 g/mol. The number of aliphatic hydroxyl groups excluding tert-OH is 2. The van der Waals surface area contributed by atoms with Crippen LogP contribution in [0.1, 0.15) is 13.3 Å². The van der Waals surface area contributed by atoms with Crippen LogP contribution in [-0.4, -0.2) is 34.4 Å². The number of hydrogen-bond donors (Lipinski definition) is 2. The fraction of sp³-hybridized carbons (Fsp3) is 1.00. The van der Waals surface area contributed by atoms with Crippen molar-refractivity contribution in [2.45, 2.75) is 19.4 Å². The van der Waals surface area contributed by atoms with Gasteiger partial charge < -0.3 is 10.2 Å². The predicted octanol–water partition coefficient (Wildman–Crippen LogP) is -0.357. The van der Waals surface area contributed by atoms with Crippen LogP contribution in [0, 0.1) is 16.0 Å². The highest BCUT2D eigenvalue weighted by atomic mass is 16.6. The molecule has 0 saturated heterocycles. The SMILES string of the molecule is CC(CCO)C(O)C[N+](=O)[O-]. The van der Waals surface area contributed by atoms with Gasteiger partial charge in [-0.2, -0.15) is 0 Å². The Balaban J connectivity index is 3.63. The van der Waals surface area contributed by atoms with Crippen molar-refractivity contribution >= 4 is 0 Å². The zero-order chi connectivity index (χ0) is 8.85. The van der Waals surface area contributed by atoms with Gasteiger partial charge in [0, 0.05) is 11.5 Å². The van der Waals surface area contributed by atoms with Crippen LogP contribution in [0.2, 0.25) is 0 Å². The molecule has 0 aromatic carbocycles. The van der Waals surface area contributed by atoms with Crippen molar-refractivity contribution in [3.63, 3.8) is 0 Å². The summed E-state index contributed by atoms with van der Waals surface area (Å²) in [4.78, 5) is 9.34. The van der Waals surface area contributed by atoms with Gasteiger partial charge in [0.1, 0.15) is 6.10 Å². The highest BCUT2D eigenvalue weighted by Gasteiger charge is 2.18. The van der Waals surface area contributed by atoms with Crippen LogP contribution in [0.4, 0.5) is 0 Å². The Labute approximate surface area is 64.8 Å². The molecule has 0 aromatic heterocycles. The molecule has 5 heteroatoms. The first-order valence-electron chi connectivity index (χ1n) is 3.48. The lowest BCUT2D eigenvalue weighted by atomic mass is 10.0. The summed E-state index contributed by atoms with van der Waals surface area (Å²) in [5.74, 6) is -0.217. The highest BCUT2D eigenvalue weighted by Crippen LogP contribution is 2.06. The maximum Gasteiger partial charge on any atom is 0.229 e. The van der Waals surface area contributed by atoms with Gasteiger partial charge in [-0.1, -0.05) is 6.92 Å². The molecule has 0 saturated carbocycles. The van der Waals surface area contributed by atoms with E-state index in [0.717, 1.165) is 0 Å². The molecule has 0 bridgehead atoms. The number of aliphatic hydroxyl groups is 2. The summed E-state index contributed by atoms with van der Waals surface area (Å²) in [6, 6.07) is 0. The summed E-state index contributed by atoms with van der Waals surface area (Å²) in [5, 5.41) is 27.4. The second-order valence-electron chi connectivity index (χ2n) is 2.57. The molecule has 2 unspecified atom stereocenters. The van der Waals surface area contributed by atoms with E-state index < -0.39 is 17.6 Å². The van der Waals surface area contributed by atoms with Crippen LogP contribution in [0.25, 0.3) is 0 Å². The Morgan fingerprint density at radius 2 is 2.18 bits per heavy atom. The van der Waals surface area contributed by atoms with Gasteiger partial charge in [-0.15, -0.1) is 0 Å². The molecule has 0 rings (SSSR count). The van der Waals surface area contributed by atoms with Crippen molar-refractivity contribution < 1.29 is 15.1 Å². The van der Waals surface area contributed by atoms with E-state index in [2.05, 4.69) is 0 Å². The lowest BCUT2D eigenvalue weighted by Gasteiger charge is -2.12. The van der Waals surface area contributed by atoms with Gasteiger partial charge >= 0.3 is 0 Å². The van der Waals surface area contributed by atoms with Gasteiger partial charge in [-0.3, -0.25) is 10.1 Å². The molecule has 0 spiro atoms. The smallest absolute Gasteiger partial charge is 0.229 e. The molecule has 0 fully saturated rings.